The number of barbiturate groups is 1. The highest BCUT2D eigenvalue weighted by Crippen LogP contribution is 2.52. The molecule has 7 heteroatoms. The molecule has 0 unspecified atom stereocenters. The lowest BCUT2D eigenvalue weighted by molar-refractivity contribution is -0.123. The lowest BCUT2D eigenvalue weighted by Gasteiger charge is -2.31. The summed E-state index contributed by atoms with van der Waals surface area (Å²) in [4.78, 5) is 45.8. The maximum atomic E-state index is 14.1. The smallest absolute Gasteiger partial charge is 0.344 e. The maximum Gasteiger partial charge on any atom is 0.438 e. The first-order valence-corrected chi connectivity index (χ1v) is 19.6. The SMILES string of the molecule is CCN1/C(=C\C=C2/CCC/C(=C\C=C3\N(CC)c4ccc5ccccc5c4C3(C)C)C2=C2C(=O)N(C)C(=O)N(C)C2=[OH+])C(C)(C)c2c1ccc1ccccc21. The molecule has 4 aromatic carbocycles. The Morgan fingerprint density at radius 2 is 1.07 bits per heavy atom. The number of carbonyl (C=O) groups excluding carboxylic acids is 3. The van der Waals surface area contributed by atoms with Crippen LogP contribution < -0.4 is 9.80 Å². The van der Waals surface area contributed by atoms with Crippen LogP contribution in [-0.4, -0.2) is 59.6 Å². The lowest BCUT2D eigenvalue weighted by atomic mass is 9.78. The van der Waals surface area contributed by atoms with E-state index in [4.69, 9.17) is 0 Å². The summed E-state index contributed by atoms with van der Waals surface area (Å²) in [5.74, 6) is -0.812. The van der Waals surface area contributed by atoms with Crippen molar-refractivity contribution in [3.63, 3.8) is 0 Å². The second-order valence-corrected chi connectivity index (χ2v) is 16.2. The highest BCUT2D eigenvalue weighted by Gasteiger charge is 2.46. The van der Waals surface area contributed by atoms with E-state index in [-0.39, 0.29) is 22.3 Å². The first-order valence-electron chi connectivity index (χ1n) is 19.6. The third kappa shape index (κ3) is 5.42. The summed E-state index contributed by atoms with van der Waals surface area (Å²) in [7, 11) is 3.00. The van der Waals surface area contributed by atoms with E-state index in [1.54, 1.807) is 0 Å². The third-order valence-electron chi connectivity index (χ3n) is 12.4. The molecule has 3 aliphatic heterocycles. The minimum Gasteiger partial charge on any atom is -0.344 e. The molecule has 8 rings (SSSR count). The molecular formula is C48H51N4O3+. The molecule has 0 radical (unpaired) electrons. The van der Waals surface area contributed by atoms with E-state index in [1.807, 2.05) is 0 Å². The number of fused-ring (bicyclic) bond motifs is 6. The number of urea groups is 1. The van der Waals surface area contributed by atoms with Gasteiger partial charge in [0.25, 0.3) is 5.91 Å². The molecule has 0 spiro atoms. The van der Waals surface area contributed by atoms with Gasteiger partial charge in [-0.3, -0.25) is 14.5 Å². The van der Waals surface area contributed by atoms with Crippen molar-refractivity contribution in [3.8, 4) is 0 Å². The Bertz CT molecular complexity index is 2330. The largest absolute Gasteiger partial charge is 0.438 e. The molecule has 4 aliphatic rings. The molecule has 4 amide bonds. The number of likely N-dealkylation sites (N-methyl/N-ethyl adjacent to an activating group) is 4. The molecule has 0 atom stereocenters. The first-order chi connectivity index (χ1) is 26.3. The van der Waals surface area contributed by atoms with Crippen molar-refractivity contribution in [3.05, 3.63) is 142 Å². The number of allylic oxidation sites excluding steroid dienone is 9. The van der Waals surface area contributed by atoms with Crippen molar-refractivity contribution in [1.82, 2.24) is 9.80 Å². The molecule has 7 nitrogen and oxygen atoms in total. The predicted molar refractivity (Wildman–Crippen MR) is 226 cm³/mol. The Balaban J connectivity index is 1.30. The molecule has 1 saturated carbocycles. The van der Waals surface area contributed by atoms with E-state index in [0.717, 1.165) is 48.4 Å². The minimum absolute atomic E-state index is 0.165. The van der Waals surface area contributed by atoms with Gasteiger partial charge >= 0.3 is 11.9 Å². The van der Waals surface area contributed by atoms with Crippen molar-refractivity contribution < 1.29 is 14.4 Å². The number of carbonyl (C=O) groups is 2. The Morgan fingerprint density at radius 3 is 1.53 bits per heavy atom. The Kier molecular flexibility index (Phi) is 8.75. The van der Waals surface area contributed by atoms with E-state index in [0.29, 0.717) is 5.57 Å². The van der Waals surface area contributed by atoms with Crippen LogP contribution in [-0.2, 0) is 15.6 Å². The van der Waals surface area contributed by atoms with Gasteiger partial charge in [0.2, 0.25) is 0 Å². The lowest BCUT2D eigenvalue weighted by Crippen LogP contribution is -2.53. The topological polar surface area (TPSA) is 68.5 Å². The zero-order valence-electron chi connectivity index (χ0n) is 33.3. The number of amides is 4. The molecule has 3 heterocycles. The van der Waals surface area contributed by atoms with Crippen LogP contribution in [0.2, 0.25) is 0 Å². The highest BCUT2D eigenvalue weighted by atomic mass is 16.2. The van der Waals surface area contributed by atoms with Crippen LogP contribution in [0.4, 0.5) is 16.2 Å². The number of anilines is 2. The highest BCUT2D eigenvalue weighted by molar-refractivity contribution is 6.30. The van der Waals surface area contributed by atoms with Crippen LogP contribution in [0, 0.1) is 0 Å². The standard InChI is InChI=1S/C48H50N4O3/c1-9-51-36-26-22-30-16-11-13-20-34(30)42(36)47(3,4)38(51)28-24-32-18-15-19-33(40(32)41-44(53)49(7)46(55)50(8)45(41)54)25-29-39-48(5,6)43-35-21-14-12-17-31(35)23-27-37(43)52(39)10-2/h11-14,16-17,20-29H,9-10,15,18-19H2,1-8H3/p+1/b32-24+,33-25+,38-28-,39-29+. The summed E-state index contributed by atoms with van der Waals surface area (Å²) in [5, 5.41) is 4.96. The molecule has 280 valence electrons. The molecule has 1 aliphatic carbocycles. The van der Waals surface area contributed by atoms with Gasteiger partial charge in [0.05, 0.1) is 0 Å². The molecule has 0 bridgehead atoms. The van der Waals surface area contributed by atoms with Crippen molar-refractivity contribution >= 4 is 50.8 Å². The van der Waals surface area contributed by atoms with Gasteiger partial charge in [0.15, 0.2) is 5.57 Å². The Labute approximate surface area is 324 Å². The average Bonchev–Trinajstić information content (AvgIpc) is 3.56. The van der Waals surface area contributed by atoms with Crippen LogP contribution in [0.15, 0.2) is 131 Å². The van der Waals surface area contributed by atoms with Crippen LogP contribution in [0.5, 0.6) is 0 Å². The zero-order chi connectivity index (χ0) is 39.0. The number of rotatable bonds is 4. The second-order valence-electron chi connectivity index (χ2n) is 16.2. The number of hydrogen-bond acceptors (Lipinski definition) is 4. The number of hydrogen-bond donors (Lipinski definition) is 0. The van der Waals surface area contributed by atoms with Crippen LogP contribution in [0.3, 0.4) is 0 Å². The summed E-state index contributed by atoms with van der Waals surface area (Å²) in [6.45, 7) is 15.2. The molecule has 55 heavy (non-hydrogen) atoms. The number of benzene rings is 4. The predicted octanol–water partition coefficient (Wildman–Crippen LogP) is 10.1. The van der Waals surface area contributed by atoms with Gasteiger partial charge in [-0.15, -0.1) is 0 Å². The van der Waals surface area contributed by atoms with E-state index < -0.39 is 11.9 Å². The van der Waals surface area contributed by atoms with Crippen LogP contribution in [0.1, 0.15) is 71.9 Å². The van der Waals surface area contributed by atoms with Gasteiger partial charge in [0.1, 0.15) is 0 Å². The Morgan fingerprint density at radius 1 is 0.618 bits per heavy atom. The van der Waals surface area contributed by atoms with E-state index >= 15 is 0 Å². The van der Waals surface area contributed by atoms with Crippen molar-refractivity contribution in [2.45, 2.75) is 71.6 Å². The van der Waals surface area contributed by atoms with E-state index in [1.165, 1.54) is 74.4 Å². The van der Waals surface area contributed by atoms with Gasteiger partial charge in [0, 0.05) is 66.4 Å². The average molecular weight is 732 g/mol. The maximum absolute atomic E-state index is 14.1. The van der Waals surface area contributed by atoms with E-state index in [9.17, 15) is 14.4 Å². The fourth-order valence-corrected chi connectivity index (χ4v) is 9.74. The van der Waals surface area contributed by atoms with Gasteiger partial charge < -0.3 is 9.80 Å². The molecule has 4 aromatic rings. The first kappa shape index (κ1) is 36.3. The molecular weight excluding hydrogens is 681 g/mol. The zero-order valence-corrected chi connectivity index (χ0v) is 33.3. The van der Waals surface area contributed by atoms with Gasteiger partial charge in [-0.25, -0.2) is 9.69 Å². The van der Waals surface area contributed by atoms with Crippen LogP contribution in [0.25, 0.3) is 21.5 Å². The van der Waals surface area contributed by atoms with Crippen molar-refractivity contribution in [2.75, 3.05) is 37.0 Å². The van der Waals surface area contributed by atoms with Gasteiger partial charge in [-0.1, -0.05) is 101 Å². The molecule has 0 aromatic heterocycles. The van der Waals surface area contributed by atoms with Crippen LogP contribution >= 0.6 is 0 Å². The summed E-state index contributed by atoms with van der Waals surface area (Å²) >= 11 is 0. The molecule has 1 N–H and O–H groups in total. The summed E-state index contributed by atoms with van der Waals surface area (Å²) in [5.41, 5.74) is 9.66. The second kappa shape index (κ2) is 13.3. The molecule has 1 saturated heterocycles. The van der Waals surface area contributed by atoms with Gasteiger partial charge in [-0.05, 0) is 101 Å². The van der Waals surface area contributed by atoms with Crippen molar-refractivity contribution in [1.29, 1.82) is 0 Å². The third-order valence-corrected chi connectivity index (χ3v) is 12.4. The fraction of sp³-hybridized carbons (Fsp3) is 0.312. The monoisotopic (exact) mass is 731 g/mol. The number of nitrogens with zero attached hydrogens (tertiary/aromatic N) is 4. The Hall–Kier alpha value is -5.69. The normalized spacial score (nSPS) is 23.7. The summed E-state index contributed by atoms with van der Waals surface area (Å²) < 4.78 is 0. The summed E-state index contributed by atoms with van der Waals surface area (Å²) in [6.07, 6.45) is 11.1. The fourth-order valence-electron chi connectivity index (χ4n) is 9.74. The number of imide groups is 2. The van der Waals surface area contributed by atoms with E-state index in [2.05, 4.69) is 148 Å². The van der Waals surface area contributed by atoms with Gasteiger partial charge in [-0.2, -0.15) is 0 Å². The van der Waals surface area contributed by atoms with Crippen molar-refractivity contribution in [2.24, 2.45) is 0 Å². The molecule has 2 fully saturated rings. The quantitative estimate of drug-likeness (QED) is 0.119. The minimum atomic E-state index is -0.560. The summed E-state index contributed by atoms with van der Waals surface area (Å²) in [6, 6.07) is 25.5.